The highest BCUT2D eigenvalue weighted by atomic mass is 32.2. The van der Waals surface area contributed by atoms with Gasteiger partial charge in [0, 0.05) is 23.5 Å². The molecule has 0 atom stereocenters. The van der Waals surface area contributed by atoms with Crippen LogP contribution < -0.4 is 0 Å². The van der Waals surface area contributed by atoms with Crippen LogP contribution in [0.1, 0.15) is 23.2 Å². The third kappa shape index (κ3) is 4.29. The van der Waals surface area contributed by atoms with Crippen LogP contribution in [0.5, 0.6) is 0 Å². The van der Waals surface area contributed by atoms with E-state index in [1.54, 1.807) is 24.3 Å². The first-order valence-electron chi connectivity index (χ1n) is 7.98. The number of rotatable bonds is 6. The molecule has 0 bridgehead atoms. The van der Waals surface area contributed by atoms with Gasteiger partial charge in [0.25, 0.3) is 0 Å². The lowest BCUT2D eigenvalue weighted by Gasteiger charge is -2.15. The second-order valence-electron chi connectivity index (χ2n) is 5.80. The van der Waals surface area contributed by atoms with Crippen LogP contribution in [0.25, 0.3) is 0 Å². The highest BCUT2D eigenvalue weighted by Gasteiger charge is 2.27. The van der Waals surface area contributed by atoms with E-state index in [1.165, 1.54) is 40.3 Å². The molecule has 7 heteroatoms. The molecular formula is C18H18FNO3S2. The summed E-state index contributed by atoms with van der Waals surface area (Å²) in [5.74, 6) is -0.200. The van der Waals surface area contributed by atoms with Gasteiger partial charge in [0.2, 0.25) is 10.0 Å². The number of nitrogens with zero attached hydrogens (tertiary/aromatic N) is 1. The Kier molecular flexibility index (Phi) is 5.56. The number of hydrogen-bond acceptors (Lipinski definition) is 4. The van der Waals surface area contributed by atoms with E-state index in [0.717, 1.165) is 17.7 Å². The molecule has 0 spiro atoms. The lowest BCUT2D eigenvalue weighted by molar-refractivity contribution is 0.102. The summed E-state index contributed by atoms with van der Waals surface area (Å²) in [5, 5.41) is 0. The number of halogens is 1. The average molecular weight is 379 g/mol. The molecule has 132 valence electrons. The van der Waals surface area contributed by atoms with Crippen molar-refractivity contribution in [2.24, 2.45) is 0 Å². The van der Waals surface area contributed by atoms with Crippen molar-refractivity contribution in [3.05, 3.63) is 59.9 Å². The van der Waals surface area contributed by atoms with Gasteiger partial charge in [0.1, 0.15) is 5.82 Å². The molecule has 1 aliphatic heterocycles. The van der Waals surface area contributed by atoms with Gasteiger partial charge in [-0.15, -0.1) is 11.8 Å². The highest BCUT2D eigenvalue weighted by molar-refractivity contribution is 8.00. The molecule has 1 aliphatic rings. The average Bonchev–Trinajstić information content (AvgIpc) is 3.16. The van der Waals surface area contributed by atoms with Crippen molar-refractivity contribution >= 4 is 27.6 Å². The van der Waals surface area contributed by atoms with Crippen LogP contribution in [0.4, 0.5) is 4.39 Å². The fourth-order valence-electron chi connectivity index (χ4n) is 2.65. The Balaban J connectivity index is 1.65. The highest BCUT2D eigenvalue weighted by Crippen LogP contribution is 2.23. The van der Waals surface area contributed by atoms with Crippen molar-refractivity contribution in [2.75, 3.05) is 18.8 Å². The minimum atomic E-state index is -3.46. The maximum absolute atomic E-state index is 12.9. The van der Waals surface area contributed by atoms with Gasteiger partial charge >= 0.3 is 0 Å². The largest absolute Gasteiger partial charge is 0.293 e. The second kappa shape index (κ2) is 7.68. The minimum absolute atomic E-state index is 0.0977. The van der Waals surface area contributed by atoms with E-state index in [0.29, 0.717) is 18.7 Å². The molecule has 0 aliphatic carbocycles. The molecular weight excluding hydrogens is 361 g/mol. The van der Waals surface area contributed by atoms with Crippen LogP contribution in [0.3, 0.4) is 0 Å². The van der Waals surface area contributed by atoms with E-state index >= 15 is 0 Å². The predicted octanol–water partition coefficient (Wildman–Crippen LogP) is 3.59. The summed E-state index contributed by atoms with van der Waals surface area (Å²) in [7, 11) is -3.46. The molecule has 25 heavy (non-hydrogen) atoms. The fraction of sp³-hybridized carbons (Fsp3) is 0.278. The van der Waals surface area contributed by atoms with Gasteiger partial charge in [-0.05, 0) is 49.2 Å². The Bertz CT molecular complexity index is 843. The smallest absolute Gasteiger partial charge is 0.243 e. The lowest BCUT2D eigenvalue weighted by atomic mass is 10.1. The Morgan fingerprint density at radius 3 is 2.20 bits per heavy atom. The number of carbonyl (C=O) groups is 1. The van der Waals surface area contributed by atoms with E-state index < -0.39 is 10.0 Å². The molecule has 2 aromatic carbocycles. The maximum Gasteiger partial charge on any atom is 0.243 e. The van der Waals surface area contributed by atoms with E-state index in [2.05, 4.69) is 0 Å². The fourth-order valence-corrected chi connectivity index (χ4v) is 4.96. The Labute approximate surface area is 151 Å². The summed E-state index contributed by atoms with van der Waals surface area (Å²) in [6.07, 6.45) is 1.77. The number of benzene rings is 2. The number of Topliss-reactive ketones (excluding diaryl/α,β-unsaturated/α-hetero) is 1. The summed E-state index contributed by atoms with van der Waals surface area (Å²) in [6, 6.07) is 12.0. The number of sulfonamides is 1. The van der Waals surface area contributed by atoms with Gasteiger partial charge in [-0.3, -0.25) is 4.79 Å². The number of carbonyl (C=O) groups excluding carboxylic acids is 1. The molecule has 0 unspecified atom stereocenters. The van der Waals surface area contributed by atoms with Crippen LogP contribution in [-0.2, 0) is 10.0 Å². The summed E-state index contributed by atoms with van der Waals surface area (Å²) < 4.78 is 39.3. The molecule has 1 saturated heterocycles. The third-order valence-electron chi connectivity index (χ3n) is 4.06. The molecule has 0 amide bonds. The molecule has 0 radical (unpaired) electrons. The molecule has 4 nitrogen and oxygen atoms in total. The Hall–Kier alpha value is -1.70. The molecule has 3 rings (SSSR count). The van der Waals surface area contributed by atoms with Crippen LogP contribution >= 0.6 is 11.8 Å². The number of ketones is 1. The first kappa shape index (κ1) is 18.1. The normalized spacial score (nSPS) is 15.4. The maximum atomic E-state index is 12.9. The first-order valence-corrected chi connectivity index (χ1v) is 10.4. The van der Waals surface area contributed by atoms with E-state index in [4.69, 9.17) is 0 Å². The lowest BCUT2D eigenvalue weighted by Crippen LogP contribution is -2.27. The quantitative estimate of drug-likeness (QED) is 0.569. The summed E-state index contributed by atoms with van der Waals surface area (Å²) in [6.45, 7) is 1.11. The van der Waals surface area contributed by atoms with Gasteiger partial charge in [0.15, 0.2) is 5.78 Å². The SMILES string of the molecule is O=C(CSc1ccc(F)cc1)c1ccc(S(=O)(=O)N2CCCC2)cc1. The molecule has 0 saturated carbocycles. The third-order valence-corrected chi connectivity index (χ3v) is 6.99. The van der Waals surface area contributed by atoms with Crippen molar-refractivity contribution in [1.29, 1.82) is 0 Å². The van der Waals surface area contributed by atoms with E-state index in [9.17, 15) is 17.6 Å². The minimum Gasteiger partial charge on any atom is -0.293 e. The van der Waals surface area contributed by atoms with Gasteiger partial charge in [0.05, 0.1) is 10.6 Å². The molecule has 1 fully saturated rings. The van der Waals surface area contributed by atoms with E-state index in [-0.39, 0.29) is 22.2 Å². The van der Waals surface area contributed by atoms with Crippen molar-refractivity contribution in [1.82, 2.24) is 4.31 Å². The zero-order valence-electron chi connectivity index (χ0n) is 13.5. The molecule has 0 aromatic heterocycles. The summed E-state index contributed by atoms with van der Waals surface area (Å²) >= 11 is 1.32. The van der Waals surface area contributed by atoms with Crippen molar-refractivity contribution in [2.45, 2.75) is 22.6 Å². The second-order valence-corrected chi connectivity index (χ2v) is 8.79. The van der Waals surface area contributed by atoms with Gasteiger partial charge in [-0.2, -0.15) is 4.31 Å². The predicted molar refractivity (Wildman–Crippen MR) is 95.9 cm³/mol. The molecule has 0 N–H and O–H groups in total. The molecule has 2 aromatic rings. The summed E-state index contributed by atoms with van der Waals surface area (Å²) in [4.78, 5) is 13.3. The standard InChI is InChI=1S/C18H18FNO3S2/c19-15-5-7-16(8-6-15)24-13-18(21)14-3-9-17(10-4-14)25(22,23)20-11-1-2-12-20/h3-10H,1-2,11-13H2. The zero-order chi connectivity index (χ0) is 17.9. The van der Waals surface area contributed by atoms with E-state index in [1.807, 2.05) is 0 Å². The monoisotopic (exact) mass is 379 g/mol. The number of hydrogen-bond donors (Lipinski definition) is 0. The molecule has 1 heterocycles. The van der Waals surface area contributed by atoms with Crippen LogP contribution in [0.2, 0.25) is 0 Å². The van der Waals surface area contributed by atoms with Crippen molar-refractivity contribution in [3.63, 3.8) is 0 Å². The van der Waals surface area contributed by atoms with Crippen LogP contribution in [0, 0.1) is 5.82 Å². The van der Waals surface area contributed by atoms with Gasteiger partial charge in [-0.1, -0.05) is 12.1 Å². The van der Waals surface area contributed by atoms with Gasteiger partial charge < -0.3 is 0 Å². The number of thioether (sulfide) groups is 1. The van der Waals surface area contributed by atoms with Crippen LogP contribution in [-0.4, -0.2) is 37.3 Å². The van der Waals surface area contributed by atoms with Crippen molar-refractivity contribution < 1.29 is 17.6 Å². The summed E-state index contributed by atoms with van der Waals surface area (Å²) in [5.41, 5.74) is 0.468. The van der Waals surface area contributed by atoms with Crippen molar-refractivity contribution in [3.8, 4) is 0 Å². The Morgan fingerprint density at radius 2 is 1.60 bits per heavy atom. The zero-order valence-corrected chi connectivity index (χ0v) is 15.2. The first-order chi connectivity index (χ1) is 12.0. The van der Waals surface area contributed by atoms with Crippen LogP contribution in [0.15, 0.2) is 58.3 Å². The van der Waals surface area contributed by atoms with Gasteiger partial charge in [-0.25, -0.2) is 12.8 Å². The Morgan fingerprint density at radius 1 is 1.00 bits per heavy atom. The topological polar surface area (TPSA) is 54.5 Å².